The van der Waals surface area contributed by atoms with Gasteiger partial charge in [-0.25, -0.2) is 4.79 Å². The molecule has 0 aliphatic rings. The number of nitrogens with zero attached hydrogens (tertiary/aromatic N) is 2. The predicted molar refractivity (Wildman–Crippen MR) is 106 cm³/mol. The van der Waals surface area contributed by atoms with Crippen molar-refractivity contribution in [1.29, 1.82) is 0 Å². The van der Waals surface area contributed by atoms with Gasteiger partial charge in [-0.1, -0.05) is 30.3 Å². The highest BCUT2D eigenvalue weighted by atomic mass is 16.6. The van der Waals surface area contributed by atoms with Gasteiger partial charge >= 0.3 is 5.97 Å². The van der Waals surface area contributed by atoms with Crippen molar-refractivity contribution in [2.45, 2.75) is 6.92 Å². The summed E-state index contributed by atoms with van der Waals surface area (Å²) in [6.45, 7) is 1.82. The monoisotopic (exact) mass is 379 g/mol. The molecule has 2 N–H and O–H groups in total. The van der Waals surface area contributed by atoms with Crippen LogP contribution in [-0.4, -0.2) is 28.8 Å². The zero-order chi connectivity index (χ0) is 20.1. The molecule has 0 radical (unpaired) electrons. The number of anilines is 1. The lowest BCUT2D eigenvalue weighted by Gasteiger charge is -2.06. The normalized spacial score (nSPS) is 10.9. The van der Waals surface area contributed by atoms with Crippen molar-refractivity contribution in [2.24, 2.45) is 5.10 Å². The number of hydrogen-bond acceptors (Lipinski definition) is 7. The maximum Gasteiger partial charge on any atom is 0.338 e. The lowest BCUT2D eigenvalue weighted by atomic mass is 10.0. The number of carbonyl (C=O) groups excluding carboxylic acids is 1. The fourth-order valence-corrected chi connectivity index (χ4v) is 2.70. The predicted octanol–water partition coefficient (Wildman–Crippen LogP) is 4.08. The first-order chi connectivity index (χ1) is 13.5. The van der Waals surface area contributed by atoms with E-state index in [4.69, 9.17) is 4.74 Å². The number of benzene rings is 3. The summed E-state index contributed by atoms with van der Waals surface area (Å²) >= 11 is 0. The van der Waals surface area contributed by atoms with Crippen molar-refractivity contribution in [3.8, 4) is 5.75 Å². The summed E-state index contributed by atoms with van der Waals surface area (Å²) in [4.78, 5) is 22.5. The molecule has 3 aromatic rings. The third kappa shape index (κ3) is 3.90. The average molecular weight is 379 g/mol. The van der Waals surface area contributed by atoms with E-state index in [1.165, 1.54) is 18.3 Å². The number of phenols is 1. The molecule has 0 aromatic heterocycles. The Morgan fingerprint density at radius 3 is 2.79 bits per heavy atom. The third-order valence-corrected chi connectivity index (χ3v) is 4.03. The largest absolute Gasteiger partial charge is 0.507 e. The topological polar surface area (TPSA) is 114 Å². The summed E-state index contributed by atoms with van der Waals surface area (Å²) in [6.07, 6.45) is 1.39. The summed E-state index contributed by atoms with van der Waals surface area (Å²) in [5.74, 6) is -0.599. The molecular weight excluding hydrogens is 362 g/mol. The smallest absolute Gasteiger partial charge is 0.338 e. The molecule has 0 saturated carbocycles. The van der Waals surface area contributed by atoms with E-state index in [1.54, 1.807) is 19.1 Å². The molecular formula is C20H17N3O5. The van der Waals surface area contributed by atoms with Crippen LogP contribution >= 0.6 is 0 Å². The minimum absolute atomic E-state index is 0.0383. The van der Waals surface area contributed by atoms with Crippen LogP contribution in [0.15, 0.2) is 59.7 Å². The van der Waals surface area contributed by atoms with Crippen LogP contribution in [0, 0.1) is 10.1 Å². The number of fused-ring (bicyclic) bond motifs is 1. The standard InChI is InChI=1S/C20H17N3O5/c1-2-28-20(25)14-7-9-17(18(11-14)23(26)27)22-21-12-16-15-6-4-3-5-13(15)8-10-19(16)24/h3-12,22,24H,2H2,1H3/b21-12-. The van der Waals surface area contributed by atoms with Gasteiger partial charge in [0.25, 0.3) is 5.69 Å². The molecule has 0 heterocycles. The molecule has 0 amide bonds. The maximum atomic E-state index is 11.8. The molecule has 0 bridgehead atoms. The Morgan fingerprint density at radius 1 is 1.25 bits per heavy atom. The number of aromatic hydroxyl groups is 1. The Bertz CT molecular complexity index is 1080. The molecule has 28 heavy (non-hydrogen) atoms. The SMILES string of the molecule is CCOC(=O)c1ccc(N/N=C\c2c(O)ccc3ccccc23)c([N+](=O)[O-])c1. The minimum atomic E-state index is -0.638. The molecule has 3 aromatic carbocycles. The molecule has 8 nitrogen and oxygen atoms in total. The van der Waals surface area contributed by atoms with Crippen molar-refractivity contribution in [3.05, 3.63) is 75.8 Å². The molecule has 0 aliphatic heterocycles. The number of nitro benzene ring substituents is 1. The van der Waals surface area contributed by atoms with E-state index in [9.17, 15) is 20.0 Å². The van der Waals surface area contributed by atoms with E-state index in [2.05, 4.69) is 10.5 Å². The number of esters is 1. The van der Waals surface area contributed by atoms with Gasteiger partial charge in [0.15, 0.2) is 0 Å². The van der Waals surface area contributed by atoms with Gasteiger partial charge in [0.2, 0.25) is 0 Å². The molecule has 0 saturated heterocycles. The van der Waals surface area contributed by atoms with Gasteiger partial charge in [-0.3, -0.25) is 15.5 Å². The van der Waals surface area contributed by atoms with E-state index >= 15 is 0 Å². The van der Waals surface area contributed by atoms with E-state index in [0.29, 0.717) is 5.56 Å². The van der Waals surface area contributed by atoms with Gasteiger partial charge < -0.3 is 9.84 Å². The molecule has 8 heteroatoms. The summed E-state index contributed by atoms with van der Waals surface area (Å²) in [6, 6.07) is 14.7. The summed E-state index contributed by atoms with van der Waals surface area (Å²) in [5, 5.41) is 27.2. The van der Waals surface area contributed by atoms with Crippen molar-refractivity contribution < 1.29 is 19.6 Å². The molecule has 3 rings (SSSR count). The van der Waals surface area contributed by atoms with E-state index < -0.39 is 10.9 Å². The lowest BCUT2D eigenvalue weighted by Crippen LogP contribution is -2.06. The van der Waals surface area contributed by atoms with E-state index in [-0.39, 0.29) is 29.3 Å². The fourth-order valence-electron chi connectivity index (χ4n) is 2.70. The fraction of sp³-hybridized carbons (Fsp3) is 0.100. The number of nitrogens with one attached hydrogen (secondary N) is 1. The van der Waals surface area contributed by atoms with E-state index in [0.717, 1.165) is 16.8 Å². The van der Waals surface area contributed by atoms with Crippen LogP contribution in [-0.2, 0) is 4.74 Å². The Balaban J connectivity index is 1.90. The number of phenolic OH excluding ortho intramolecular Hbond substituents is 1. The van der Waals surface area contributed by atoms with E-state index in [1.807, 2.05) is 24.3 Å². The summed E-state index contributed by atoms with van der Waals surface area (Å²) in [7, 11) is 0. The number of nitro groups is 1. The Hall–Kier alpha value is -3.94. The van der Waals surface area contributed by atoms with Crippen molar-refractivity contribution in [2.75, 3.05) is 12.0 Å². The Morgan fingerprint density at radius 2 is 2.04 bits per heavy atom. The quantitative estimate of drug-likeness (QED) is 0.289. The molecule has 142 valence electrons. The summed E-state index contributed by atoms with van der Waals surface area (Å²) < 4.78 is 4.86. The highest BCUT2D eigenvalue weighted by Gasteiger charge is 2.18. The first kappa shape index (κ1) is 18.8. The van der Waals surface area contributed by atoms with Crippen LogP contribution < -0.4 is 5.43 Å². The Labute approximate surface area is 160 Å². The first-order valence-electron chi connectivity index (χ1n) is 8.46. The third-order valence-electron chi connectivity index (χ3n) is 4.03. The second kappa shape index (κ2) is 8.17. The van der Waals surface area contributed by atoms with Crippen LogP contribution in [0.1, 0.15) is 22.8 Å². The molecule has 0 aliphatic carbocycles. The van der Waals surface area contributed by atoms with Crippen molar-refractivity contribution >= 4 is 34.3 Å². The van der Waals surface area contributed by atoms with Gasteiger partial charge in [-0.05, 0) is 35.9 Å². The average Bonchev–Trinajstić information content (AvgIpc) is 2.69. The highest BCUT2D eigenvalue weighted by molar-refractivity contribution is 6.02. The van der Waals surface area contributed by atoms with Crippen LogP contribution in [0.5, 0.6) is 5.75 Å². The highest BCUT2D eigenvalue weighted by Crippen LogP contribution is 2.27. The van der Waals surface area contributed by atoms with Gasteiger partial charge in [-0.15, -0.1) is 0 Å². The molecule has 0 fully saturated rings. The van der Waals surface area contributed by atoms with Crippen LogP contribution in [0.2, 0.25) is 0 Å². The van der Waals surface area contributed by atoms with Gasteiger partial charge in [-0.2, -0.15) is 5.10 Å². The zero-order valence-electron chi connectivity index (χ0n) is 15.0. The van der Waals surface area contributed by atoms with Crippen LogP contribution in [0.4, 0.5) is 11.4 Å². The zero-order valence-corrected chi connectivity index (χ0v) is 15.0. The van der Waals surface area contributed by atoms with Gasteiger partial charge in [0.1, 0.15) is 11.4 Å². The first-order valence-corrected chi connectivity index (χ1v) is 8.46. The lowest BCUT2D eigenvalue weighted by molar-refractivity contribution is -0.384. The van der Waals surface area contributed by atoms with Crippen molar-refractivity contribution in [3.63, 3.8) is 0 Å². The maximum absolute atomic E-state index is 11.8. The van der Waals surface area contributed by atoms with Gasteiger partial charge in [0, 0.05) is 11.6 Å². The number of hydrogen-bond donors (Lipinski definition) is 2. The number of hydrazone groups is 1. The Kier molecular flexibility index (Phi) is 5.50. The van der Waals surface area contributed by atoms with Crippen molar-refractivity contribution in [1.82, 2.24) is 0 Å². The molecule has 0 spiro atoms. The number of ether oxygens (including phenoxy) is 1. The second-order valence-electron chi connectivity index (χ2n) is 5.80. The van der Waals surface area contributed by atoms with Crippen LogP contribution in [0.25, 0.3) is 10.8 Å². The molecule has 0 atom stereocenters. The second-order valence-corrected chi connectivity index (χ2v) is 5.80. The number of rotatable bonds is 6. The molecule has 0 unspecified atom stereocenters. The minimum Gasteiger partial charge on any atom is -0.507 e. The number of carbonyl (C=O) groups is 1. The van der Waals surface area contributed by atoms with Crippen LogP contribution in [0.3, 0.4) is 0 Å². The summed E-state index contributed by atoms with van der Waals surface area (Å²) in [5.41, 5.74) is 2.95. The van der Waals surface area contributed by atoms with Gasteiger partial charge in [0.05, 0.1) is 23.3 Å².